The van der Waals surface area contributed by atoms with Gasteiger partial charge in [0.15, 0.2) is 8.32 Å². The molecule has 154 valence electrons. The molecule has 0 aromatic heterocycles. The van der Waals surface area contributed by atoms with E-state index in [1.54, 1.807) is 0 Å². The number of benzene rings is 2. The van der Waals surface area contributed by atoms with Crippen LogP contribution in [0.5, 0.6) is 0 Å². The molecule has 1 aliphatic rings. The van der Waals surface area contributed by atoms with Gasteiger partial charge in [0.25, 0.3) is 0 Å². The minimum Gasteiger partial charge on any atom is -0.493 e. The number of rotatable bonds is 7. The van der Waals surface area contributed by atoms with Gasteiger partial charge in [-0.2, -0.15) is 0 Å². The number of hydrogen-bond donors (Lipinski definition) is 0. The standard InChI is InChI=1S/C26H34O2Si/c1-7-22(20-13-9-8-10-14-20)25-23-16-12-11-15-21(23)19-27-24(25)17-18-28-29(5,6)26(2,3)4/h7-16,22H,1,17-19H2,2-6H3. The third kappa shape index (κ3) is 4.73. The molecule has 0 bridgehead atoms. The predicted octanol–water partition coefficient (Wildman–Crippen LogP) is 7.31. The number of allylic oxidation sites excluding steroid dienone is 2. The Morgan fingerprint density at radius 2 is 1.72 bits per heavy atom. The van der Waals surface area contributed by atoms with Crippen molar-refractivity contribution >= 4 is 13.9 Å². The van der Waals surface area contributed by atoms with Crippen LogP contribution < -0.4 is 0 Å². The van der Waals surface area contributed by atoms with Crippen LogP contribution in [-0.4, -0.2) is 14.9 Å². The molecule has 0 fully saturated rings. The fraction of sp³-hybridized carbons (Fsp3) is 0.385. The predicted molar refractivity (Wildman–Crippen MR) is 125 cm³/mol. The Morgan fingerprint density at radius 1 is 1.07 bits per heavy atom. The fourth-order valence-corrected chi connectivity index (χ4v) is 4.59. The van der Waals surface area contributed by atoms with Crippen LogP contribution in [0.3, 0.4) is 0 Å². The van der Waals surface area contributed by atoms with E-state index >= 15 is 0 Å². The largest absolute Gasteiger partial charge is 0.493 e. The maximum atomic E-state index is 6.45. The fourth-order valence-electron chi connectivity index (χ4n) is 3.55. The summed E-state index contributed by atoms with van der Waals surface area (Å²) in [5.41, 5.74) is 4.97. The van der Waals surface area contributed by atoms with Gasteiger partial charge in [0.1, 0.15) is 12.4 Å². The van der Waals surface area contributed by atoms with Gasteiger partial charge >= 0.3 is 0 Å². The lowest BCUT2D eigenvalue weighted by molar-refractivity contribution is 0.168. The van der Waals surface area contributed by atoms with E-state index in [1.807, 2.05) is 6.08 Å². The van der Waals surface area contributed by atoms with Crippen LogP contribution in [0.15, 0.2) is 73.0 Å². The van der Waals surface area contributed by atoms with Gasteiger partial charge in [0.2, 0.25) is 0 Å². The van der Waals surface area contributed by atoms with Crippen LogP contribution in [0.4, 0.5) is 0 Å². The molecule has 0 radical (unpaired) electrons. The molecule has 1 atom stereocenters. The topological polar surface area (TPSA) is 18.5 Å². The molecule has 3 rings (SSSR count). The Morgan fingerprint density at radius 3 is 2.38 bits per heavy atom. The van der Waals surface area contributed by atoms with Crippen molar-refractivity contribution in [3.63, 3.8) is 0 Å². The first-order valence-electron chi connectivity index (χ1n) is 10.5. The molecule has 0 aliphatic carbocycles. The van der Waals surface area contributed by atoms with Gasteiger partial charge in [0.05, 0.1) is 0 Å². The van der Waals surface area contributed by atoms with Crippen LogP contribution in [0.1, 0.15) is 49.8 Å². The summed E-state index contributed by atoms with van der Waals surface area (Å²) >= 11 is 0. The van der Waals surface area contributed by atoms with Crippen LogP contribution in [0.25, 0.3) is 5.57 Å². The average molecular weight is 407 g/mol. The summed E-state index contributed by atoms with van der Waals surface area (Å²) in [6.07, 6.45) is 2.82. The molecule has 0 spiro atoms. The lowest BCUT2D eigenvalue weighted by Crippen LogP contribution is -2.41. The Hall–Kier alpha value is -2.10. The Balaban J connectivity index is 1.95. The Bertz CT molecular complexity index is 875. The van der Waals surface area contributed by atoms with Crippen LogP contribution >= 0.6 is 0 Å². The van der Waals surface area contributed by atoms with E-state index in [0.717, 1.165) is 12.2 Å². The van der Waals surface area contributed by atoms with E-state index < -0.39 is 8.32 Å². The second kappa shape index (κ2) is 8.72. The van der Waals surface area contributed by atoms with Crippen LogP contribution in [0.2, 0.25) is 18.1 Å². The third-order valence-electron chi connectivity index (χ3n) is 6.31. The zero-order valence-electron chi connectivity index (χ0n) is 18.5. The molecule has 1 unspecified atom stereocenters. The first-order chi connectivity index (χ1) is 13.7. The summed E-state index contributed by atoms with van der Waals surface area (Å²) in [6, 6.07) is 19.1. The second-order valence-corrected chi connectivity index (χ2v) is 14.1. The molecule has 1 aliphatic heterocycles. The zero-order valence-corrected chi connectivity index (χ0v) is 19.5. The average Bonchev–Trinajstić information content (AvgIpc) is 2.69. The molecule has 2 nitrogen and oxygen atoms in total. The molecule has 0 saturated heterocycles. The SMILES string of the molecule is C=CC(C1=C(CCO[Si](C)(C)C(C)(C)C)OCc2ccccc21)c1ccccc1. The smallest absolute Gasteiger partial charge is 0.191 e. The maximum absolute atomic E-state index is 6.45. The molecule has 29 heavy (non-hydrogen) atoms. The van der Waals surface area contributed by atoms with E-state index in [-0.39, 0.29) is 11.0 Å². The summed E-state index contributed by atoms with van der Waals surface area (Å²) in [5.74, 6) is 1.14. The van der Waals surface area contributed by atoms with Crippen molar-refractivity contribution in [2.75, 3.05) is 6.61 Å². The number of ether oxygens (including phenoxy) is 1. The van der Waals surface area contributed by atoms with E-state index in [9.17, 15) is 0 Å². The second-order valence-electron chi connectivity index (χ2n) is 9.27. The summed E-state index contributed by atoms with van der Waals surface area (Å²) in [7, 11) is -1.78. The zero-order chi connectivity index (χ0) is 21.1. The highest BCUT2D eigenvalue weighted by Crippen LogP contribution is 2.42. The molecule has 2 aromatic rings. The molecular weight excluding hydrogens is 372 g/mol. The first kappa shape index (κ1) is 21.6. The van der Waals surface area contributed by atoms with Gasteiger partial charge in [-0.3, -0.25) is 0 Å². The van der Waals surface area contributed by atoms with Crippen molar-refractivity contribution in [1.29, 1.82) is 0 Å². The highest BCUT2D eigenvalue weighted by Gasteiger charge is 2.37. The first-order valence-corrected chi connectivity index (χ1v) is 13.4. The Kier molecular flexibility index (Phi) is 6.50. The normalized spacial score (nSPS) is 15.5. The summed E-state index contributed by atoms with van der Waals surface area (Å²) < 4.78 is 12.7. The Labute approximate surface area is 177 Å². The molecule has 0 amide bonds. The van der Waals surface area contributed by atoms with Gasteiger partial charge in [-0.1, -0.05) is 81.4 Å². The van der Waals surface area contributed by atoms with Gasteiger partial charge < -0.3 is 9.16 Å². The number of hydrogen-bond acceptors (Lipinski definition) is 2. The van der Waals surface area contributed by atoms with E-state index in [1.165, 1.54) is 22.3 Å². The summed E-state index contributed by atoms with van der Waals surface area (Å²) in [4.78, 5) is 0. The van der Waals surface area contributed by atoms with Gasteiger partial charge in [-0.05, 0) is 34.8 Å². The highest BCUT2D eigenvalue weighted by atomic mass is 28.4. The van der Waals surface area contributed by atoms with Crippen molar-refractivity contribution in [3.8, 4) is 0 Å². The lowest BCUT2D eigenvalue weighted by atomic mass is 9.82. The van der Waals surface area contributed by atoms with E-state index in [0.29, 0.717) is 13.2 Å². The minimum atomic E-state index is -1.78. The van der Waals surface area contributed by atoms with Gasteiger partial charge in [0, 0.05) is 24.5 Å². The quantitative estimate of drug-likeness (QED) is 0.354. The highest BCUT2D eigenvalue weighted by molar-refractivity contribution is 6.74. The molecular formula is C26H34O2Si. The molecule has 2 aromatic carbocycles. The molecule has 1 heterocycles. The van der Waals surface area contributed by atoms with E-state index in [4.69, 9.17) is 9.16 Å². The lowest BCUT2D eigenvalue weighted by Gasteiger charge is -2.36. The molecule has 0 N–H and O–H groups in total. The van der Waals surface area contributed by atoms with Gasteiger partial charge in [-0.25, -0.2) is 0 Å². The third-order valence-corrected chi connectivity index (χ3v) is 10.9. The van der Waals surface area contributed by atoms with Crippen molar-refractivity contribution in [2.24, 2.45) is 0 Å². The van der Waals surface area contributed by atoms with E-state index in [2.05, 4.69) is 95.0 Å². The maximum Gasteiger partial charge on any atom is 0.191 e. The summed E-state index contributed by atoms with van der Waals surface area (Å²) in [6.45, 7) is 16.9. The molecule has 3 heteroatoms. The minimum absolute atomic E-state index is 0.0977. The van der Waals surface area contributed by atoms with Crippen molar-refractivity contribution in [3.05, 3.63) is 89.7 Å². The van der Waals surface area contributed by atoms with Gasteiger partial charge in [-0.15, -0.1) is 6.58 Å². The summed E-state index contributed by atoms with van der Waals surface area (Å²) in [5, 5.41) is 0.206. The van der Waals surface area contributed by atoms with Crippen LogP contribution in [-0.2, 0) is 15.8 Å². The molecule has 0 saturated carbocycles. The van der Waals surface area contributed by atoms with Crippen molar-refractivity contribution < 1.29 is 9.16 Å². The monoisotopic (exact) mass is 406 g/mol. The van der Waals surface area contributed by atoms with Crippen LogP contribution in [0, 0.1) is 0 Å². The van der Waals surface area contributed by atoms with Crippen molar-refractivity contribution in [1.82, 2.24) is 0 Å². The van der Waals surface area contributed by atoms with Crippen molar-refractivity contribution in [2.45, 2.75) is 57.8 Å². The number of fused-ring (bicyclic) bond motifs is 1.